The molecule has 0 saturated heterocycles. The Morgan fingerprint density at radius 1 is 0.381 bits per heavy atom. The minimum Gasteiger partial charge on any atom is -0.0654 e. The van der Waals surface area contributed by atoms with E-state index in [4.69, 9.17) is 0 Å². The Morgan fingerprint density at radius 2 is 0.738 bits per heavy atom. The third-order valence-corrected chi connectivity index (χ3v) is 10.1. The van der Waals surface area contributed by atoms with Gasteiger partial charge in [-0.05, 0) is 60.2 Å². The summed E-state index contributed by atoms with van der Waals surface area (Å²) in [5.41, 5.74) is 0.906. The summed E-state index contributed by atoms with van der Waals surface area (Å²) in [7, 11) is 0. The van der Waals surface area contributed by atoms with E-state index in [0.29, 0.717) is 10.8 Å². The lowest BCUT2D eigenvalue weighted by atomic mass is 9.73. The van der Waals surface area contributed by atoms with E-state index in [-0.39, 0.29) is 0 Å². The predicted octanol–water partition coefficient (Wildman–Crippen LogP) is 15.8. The molecule has 0 N–H and O–H groups in total. The first-order chi connectivity index (χ1) is 19.9. The van der Waals surface area contributed by atoms with Crippen molar-refractivity contribution in [3.8, 4) is 0 Å². The summed E-state index contributed by atoms with van der Waals surface area (Å²) in [5.74, 6) is 3.61. The topological polar surface area (TPSA) is 0 Å². The maximum atomic E-state index is 2.60. The van der Waals surface area contributed by atoms with E-state index < -0.39 is 0 Å². The zero-order valence-electron chi connectivity index (χ0n) is 31.7. The lowest BCUT2D eigenvalue weighted by Gasteiger charge is -2.32. The van der Waals surface area contributed by atoms with Crippen molar-refractivity contribution in [1.29, 1.82) is 0 Å². The zero-order chi connectivity index (χ0) is 31.7. The highest BCUT2D eigenvalue weighted by atomic mass is 14.3. The van der Waals surface area contributed by atoms with E-state index in [0.717, 1.165) is 23.7 Å². The first kappa shape index (κ1) is 42.0. The summed E-state index contributed by atoms with van der Waals surface area (Å²) in [4.78, 5) is 0. The van der Waals surface area contributed by atoms with Crippen LogP contribution in [0.5, 0.6) is 0 Å². The average Bonchev–Trinajstić information content (AvgIpc) is 2.88. The molecular formula is C42H86. The molecular weight excluding hydrogens is 504 g/mol. The van der Waals surface area contributed by atoms with Gasteiger partial charge in [0.1, 0.15) is 0 Å². The highest BCUT2D eigenvalue weighted by molar-refractivity contribution is 4.76. The van der Waals surface area contributed by atoms with Gasteiger partial charge in [0.25, 0.3) is 0 Å². The van der Waals surface area contributed by atoms with E-state index in [1.165, 1.54) is 167 Å². The van der Waals surface area contributed by atoms with Gasteiger partial charge >= 0.3 is 0 Å². The van der Waals surface area contributed by atoms with E-state index in [2.05, 4.69) is 69.2 Å². The van der Waals surface area contributed by atoms with E-state index in [1.54, 1.807) is 0 Å². The number of rotatable bonds is 29. The minimum atomic E-state index is 0.446. The highest BCUT2D eigenvalue weighted by Gasteiger charge is 2.25. The zero-order valence-corrected chi connectivity index (χ0v) is 31.7. The van der Waals surface area contributed by atoms with Gasteiger partial charge in [-0.2, -0.15) is 0 Å². The quantitative estimate of drug-likeness (QED) is 0.0760. The molecule has 0 fully saturated rings. The van der Waals surface area contributed by atoms with Crippen LogP contribution in [0.2, 0.25) is 0 Å². The first-order valence-corrected chi connectivity index (χ1v) is 19.9. The Kier molecular flexibility index (Phi) is 26.2. The molecule has 0 heteroatoms. The van der Waals surface area contributed by atoms with Gasteiger partial charge in [0.05, 0.1) is 0 Å². The Labute approximate surface area is 270 Å². The lowest BCUT2D eigenvalue weighted by Crippen LogP contribution is -2.21. The maximum absolute atomic E-state index is 2.60. The van der Waals surface area contributed by atoms with Crippen molar-refractivity contribution in [2.45, 2.75) is 236 Å². The van der Waals surface area contributed by atoms with Crippen molar-refractivity contribution >= 4 is 0 Å². The van der Waals surface area contributed by atoms with Crippen LogP contribution in [0.15, 0.2) is 0 Å². The summed E-state index contributed by atoms with van der Waals surface area (Å²) in [6, 6.07) is 0. The van der Waals surface area contributed by atoms with Gasteiger partial charge in [0, 0.05) is 0 Å². The predicted molar refractivity (Wildman–Crippen MR) is 196 cm³/mol. The normalized spacial score (nSPS) is 15.6. The van der Waals surface area contributed by atoms with Crippen LogP contribution in [0.25, 0.3) is 0 Å². The molecule has 0 aromatic heterocycles. The van der Waals surface area contributed by atoms with Crippen LogP contribution in [0, 0.1) is 34.5 Å². The molecule has 4 unspecified atom stereocenters. The fourth-order valence-corrected chi connectivity index (χ4v) is 7.86. The van der Waals surface area contributed by atoms with Gasteiger partial charge in [-0.15, -0.1) is 0 Å². The summed E-state index contributed by atoms with van der Waals surface area (Å²) in [6.45, 7) is 24.4. The van der Waals surface area contributed by atoms with Crippen LogP contribution in [-0.2, 0) is 0 Å². The fourth-order valence-electron chi connectivity index (χ4n) is 7.86. The van der Waals surface area contributed by atoms with Gasteiger partial charge in [-0.25, -0.2) is 0 Å². The van der Waals surface area contributed by atoms with Crippen molar-refractivity contribution in [2.24, 2.45) is 34.5 Å². The van der Waals surface area contributed by atoms with E-state index >= 15 is 0 Å². The van der Waals surface area contributed by atoms with Gasteiger partial charge < -0.3 is 0 Å². The van der Waals surface area contributed by atoms with Crippen LogP contribution in [-0.4, -0.2) is 0 Å². The molecule has 0 aliphatic rings. The van der Waals surface area contributed by atoms with E-state index in [9.17, 15) is 0 Å². The molecule has 0 spiro atoms. The number of hydrogen-bond acceptors (Lipinski definition) is 0. The van der Waals surface area contributed by atoms with Crippen LogP contribution in [0.3, 0.4) is 0 Å². The molecule has 0 rings (SSSR count). The van der Waals surface area contributed by atoms with Gasteiger partial charge in [-0.1, -0.05) is 210 Å². The van der Waals surface area contributed by atoms with Crippen molar-refractivity contribution < 1.29 is 0 Å². The smallest absolute Gasteiger partial charge is 0.0380 e. The van der Waals surface area contributed by atoms with Gasteiger partial charge in [0.2, 0.25) is 0 Å². The van der Waals surface area contributed by atoms with Crippen molar-refractivity contribution in [2.75, 3.05) is 0 Å². The molecule has 0 aromatic carbocycles. The molecule has 4 atom stereocenters. The first-order valence-electron chi connectivity index (χ1n) is 19.9. The SMILES string of the molecule is CCCCCCCCCCCCC(CCCCCCCCCC)CCC(CCC(C)CC(C)(C)C)C(C)CC(C)(C)C. The largest absolute Gasteiger partial charge is 0.0654 e. The fraction of sp³-hybridized carbons (Fsp3) is 1.00. The van der Waals surface area contributed by atoms with Gasteiger partial charge in [0.15, 0.2) is 0 Å². The standard InChI is InChI=1S/C42H86/c1-11-13-15-17-19-21-22-24-26-28-30-39(29-27-25-23-20-18-16-14-12-2)32-34-40(38(4)36-42(8,9)10)33-31-37(3)35-41(5,6)7/h37-40H,11-36H2,1-10H3. The molecule has 254 valence electrons. The Bertz CT molecular complexity index is 545. The van der Waals surface area contributed by atoms with Crippen molar-refractivity contribution in [1.82, 2.24) is 0 Å². The van der Waals surface area contributed by atoms with Crippen molar-refractivity contribution in [3.63, 3.8) is 0 Å². The van der Waals surface area contributed by atoms with Crippen molar-refractivity contribution in [3.05, 3.63) is 0 Å². The molecule has 0 saturated carbocycles. The molecule has 0 radical (unpaired) electrons. The van der Waals surface area contributed by atoms with Gasteiger partial charge in [-0.3, -0.25) is 0 Å². The second kappa shape index (κ2) is 26.2. The Hall–Kier alpha value is 0. The molecule has 0 aromatic rings. The maximum Gasteiger partial charge on any atom is -0.0380 e. The summed E-state index contributed by atoms with van der Waals surface area (Å²) in [5, 5.41) is 0. The molecule has 0 nitrogen and oxygen atoms in total. The minimum absolute atomic E-state index is 0.446. The summed E-state index contributed by atoms with van der Waals surface area (Å²) in [6.07, 6.45) is 37.9. The third-order valence-electron chi connectivity index (χ3n) is 10.1. The average molecular weight is 591 g/mol. The molecule has 0 aliphatic heterocycles. The second-order valence-electron chi connectivity index (χ2n) is 17.6. The van der Waals surface area contributed by atoms with E-state index in [1.807, 2.05) is 0 Å². The monoisotopic (exact) mass is 591 g/mol. The Morgan fingerprint density at radius 3 is 1.12 bits per heavy atom. The number of hydrogen-bond donors (Lipinski definition) is 0. The molecule has 0 bridgehead atoms. The van der Waals surface area contributed by atoms with Crippen LogP contribution < -0.4 is 0 Å². The summed E-state index contributed by atoms with van der Waals surface area (Å²) >= 11 is 0. The van der Waals surface area contributed by atoms with Crippen LogP contribution >= 0.6 is 0 Å². The highest BCUT2D eigenvalue weighted by Crippen LogP contribution is 2.37. The third kappa shape index (κ3) is 28.8. The molecule has 0 aliphatic carbocycles. The molecule has 42 heavy (non-hydrogen) atoms. The Balaban J connectivity index is 4.86. The molecule has 0 amide bonds. The lowest BCUT2D eigenvalue weighted by molar-refractivity contribution is 0.190. The van der Waals surface area contributed by atoms with Crippen LogP contribution in [0.1, 0.15) is 236 Å². The summed E-state index contributed by atoms with van der Waals surface area (Å²) < 4.78 is 0. The second-order valence-corrected chi connectivity index (χ2v) is 17.6. The molecule has 0 heterocycles. The number of unbranched alkanes of at least 4 members (excludes halogenated alkanes) is 16. The van der Waals surface area contributed by atoms with Crippen LogP contribution in [0.4, 0.5) is 0 Å².